The smallest absolute Gasteiger partial charge is 0.320 e. The van der Waals surface area contributed by atoms with Crippen LogP contribution in [-0.2, 0) is 6.42 Å². The van der Waals surface area contributed by atoms with Crippen molar-refractivity contribution < 1.29 is 9.32 Å². The van der Waals surface area contributed by atoms with E-state index in [4.69, 9.17) is 4.52 Å². The lowest BCUT2D eigenvalue weighted by molar-refractivity contribution is 0.249. The van der Waals surface area contributed by atoms with Crippen LogP contribution in [-0.4, -0.2) is 22.2 Å². The second-order valence-electron chi connectivity index (χ2n) is 5.68. The van der Waals surface area contributed by atoms with Crippen molar-refractivity contribution in [3.05, 3.63) is 40.4 Å². The number of carbonyl (C=O) groups is 1. The van der Waals surface area contributed by atoms with Crippen molar-refractivity contribution in [2.24, 2.45) is 0 Å². The summed E-state index contributed by atoms with van der Waals surface area (Å²) in [4.78, 5) is 16.3. The molecule has 0 spiro atoms. The molecule has 2 heterocycles. The summed E-state index contributed by atoms with van der Waals surface area (Å²) >= 11 is 0. The minimum Gasteiger partial charge on any atom is -0.361 e. The number of nitrogens with one attached hydrogen (secondary N) is 2. The van der Waals surface area contributed by atoms with Crippen molar-refractivity contribution in [2.75, 3.05) is 5.32 Å². The highest BCUT2D eigenvalue weighted by molar-refractivity contribution is 5.88. The van der Waals surface area contributed by atoms with Gasteiger partial charge in [-0.2, -0.15) is 0 Å². The first-order chi connectivity index (χ1) is 10.3. The number of nitrogens with zero attached hydrogens (tertiary/aromatic N) is 2. The third-order valence-corrected chi connectivity index (χ3v) is 3.41. The zero-order valence-electron chi connectivity index (χ0n) is 13.7. The van der Waals surface area contributed by atoms with Gasteiger partial charge in [-0.3, -0.25) is 5.32 Å². The number of anilines is 1. The highest BCUT2D eigenvalue weighted by Gasteiger charge is 2.15. The van der Waals surface area contributed by atoms with Gasteiger partial charge in [0.05, 0.1) is 5.69 Å². The Morgan fingerprint density at radius 1 is 1.27 bits per heavy atom. The number of pyridine rings is 1. The van der Waals surface area contributed by atoms with Gasteiger partial charge in [-0.15, -0.1) is 0 Å². The van der Waals surface area contributed by atoms with Crippen molar-refractivity contribution in [3.63, 3.8) is 0 Å². The summed E-state index contributed by atoms with van der Waals surface area (Å²) in [5.74, 6) is 1.35. The Morgan fingerprint density at radius 3 is 2.59 bits per heavy atom. The highest BCUT2D eigenvalue weighted by atomic mass is 16.5. The van der Waals surface area contributed by atoms with Gasteiger partial charge in [0.25, 0.3) is 0 Å². The molecule has 2 N–H and O–H groups in total. The predicted octanol–water partition coefficient (Wildman–Crippen LogP) is 3.06. The first-order valence-electron chi connectivity index (χ1n) is 7.29. The lowest BCUT2D eigenvalue weighted by Crippen LogP contribution is -2.37. The van der Waals surface area contributed by atoms with Crippen molar-refractivity contribution >= 4 is 11.8 Å². The molecule has 6 nitrogen and oxygen atoms in total. The van der Waals surface area contributed by atoms with E-state index >= 15 is 0 Å². The first kappa shape index (κ1) is 16.0. The lowest BCUT2D eigenvalue weighted by Gasteiger charge is -2.14. The predicted molar refractivity (Wildman–Crippen MR) is 85.0 cm³/mol. The van der Waals surface area contributed by atoms with Gasteiger partial charge in [0.2, 0.25) is 0 Å². The van der Waals surface area contributed by atoms with Crippen molar-refractivity contribution in [1.82, 2.24) is 15.5 Å². The molecule has 2 amide bonds. The van der Waals surface area contributed by atoms with Crippen molar-refractivity contribution in [3.8, 4) is 0 Å². The van der Waals surface area contributed by atoms with Gasteiger partial charge < -0.3 is 9.84 Å². The molecule has 118 valence electrons. The zero-order valence-corrected chi connectivity index (χ0v) is 13.7. The minimum absolute atomic E-state index is 0.0392. The number of amides is 2. The molecule has 2 aromatic rings. The van der Waals surface area contributed by atoms with E-state index in [2.05, 4.69) is 20.8 Å². The number of aromatic nitrogens is 2. The van der Waals surface area contributed by atoms with E-state index < -0.39 is 0 Å². The van der Waals surface area contributed by atoms with Crippen LogP contribution in [0.25, 0.3) is 0 Å². The van der Waals surface area contributed by atoms with Crippen LogP contribution in [0.2, 0.25) is 0 Å². The average molecular weight is 302 g/mol. The molecule has 1 atom stereocenters. The molecule has 2 rings (SSSR count). The number of rotatable bonds is 4. The standard InChI is InChI=1S/C16H22N4O2/c1-9-6-10(2)17-15(7-9)19-16(21)18-11(3)8-14-12(4)20-22-13(14)5/h6-7,11H,8H2,1-5H3,(H2,17,18,19,21). The maximum atomic E-state index is 12.0. The number of hydrogen-bond donors (Lipinski definition) is 2. The Balaban J connectivity index is 1.94. The quantitative estimate of drug-likeness (QED) is 0.909. The summed E-state index contributed by atoms with van der Waals surface area (Å²) in [7, 11) is 0. The SMILES string of the molecule is Cc1cc(C)nc(NC(=O)NC(C)Cc2c(C)noc2C)c1. The van der Waals surface area contributed by atoms with Crippen LogP contribution in [0.3, 0.4) is 0 Å². The maximum Gasteiger partial charge on any atom is 0.320 e. The fourth-order valence-corrected chi connectivity index (χ4v) is 2.43. The van der Waals surface area contributed by atoms with E-state index in [0.29, 0.717) is 12.2 Å². The molecular formula is C16H22N4O2. The largest absolute Gasteiger partial charge is 0.361 e. The van der Waals surface area contributed by atoms with E-state index in [1.165, 1.54) is 0 Å². The van der Waals surface area contributed by atoms with Crippen LogP contribution in [0.5, 0.6) is 0 Å². The topological polar surface area (TPSA) is 80.0 Å². The number of urea groups is 1. The molecule has 1 unspecified atom stereocenters. The monoisotopic (exact) mass is 302 g/mol. The molecule has 0 saturated carbocycles. The summed E-state index contributed by atoms with van der Waals surface area (Å²) < 4.78 is 5.13. The summed E-state index contributed by atoms with van der Waals surface area (Å²) in [6.45, 7) is 9.59. The Labute approximate surface area is 130 Å². The van der Waals surface area contributed by atoms with E-state index in [0.717, 1.165) is 28.3 Å². The second-order valence-corrected chi connectivity index (χ2v) is 5.68. The van der Waals surface area contributed by atoms with Crippen LogP contribution < -0.4 is 10.6 Å². The third-order valence-electron chi connectivity index (χ3n) is 3.41. The lowest BCUT2D eigenvalue weighted by atomic mass is 10.1. The van der Waals surface area contributed by atoms with Gasteiger partial charge in [-0.1, -0.05) is 5.16 Å². The van der Waals surface area contributed by atoms with Gasteiger partial charge in [-0.05, 0) is 58.7 Å². The average Bonchev–Trinajstić information content (AvgIpc) is 2.69. The molecule has 0 fully saturated rings. The Bertz CT molecular complexity index is 639. The highest BCUT2D eigenvalue weighted by Crippen LogP contribution is 2.14. The molecule has 22 heavy (non-hydrogen) atoms. The van der Waals surface area contributed by atoms with Crippen LogP contribution in [0.1, 0.15) is 35.2 Å². The molecule has 0 saturated heterocycles. The van der Waals surface area contributed by atoms with E-state index in [9.17, 15) is 4.79 Å². The second kappa shape index (κ2) is 6.60. The van der Waals surface area contributed by atoms with E-state index in [-0.39, 0.29) is 12.1 Å². The van der Waals surface area contributed by atoms with Crippen LogP contribution in [0.15, 0.2) is 16.7 Å². The molecule has 0 aromatic carbocycles. The molecule has 2 aromatic heterocycles. The molecule has 0 aliphatic carbocycles. The summed E-state index contributed by atoms with van der Waals surface area (Å²) in [6.07, 6.45) is 0.675. The number of carbonyl (C=O) groups excluding carboxylic acids is 1. The number of hydrogen-bond acceptors (Lipinski definition) is 4. The fourth-order valence-electron chi connectivity index (χ4n) is 2.43. The molecule has 0 bridgehead atoms. The Hall–Kier alpha value is -2.37. The molecule has 0 radical (unpaired) electrons. The van der Waals surface area contributed by atoms with Crippen LogP contribution >= 0.6 is 0 Å². The zero-order chi connectivity index (χ0) is 16.3. The normalized spacial score (nSPS) is 12.0. The summed E-state index contributed by atoms with van der Waals surface area (Å²) in [6, 6.07) is 3.49. The van der Waals surface area contributed by atoms with E-state index in [1.807, 2.05) is 46.8 Å². The molecule has 6 heteroatoms. The van der Waals surface area contributed by atoms with Gasteiger partial charge in [-0.25, -0.2) is 9.78 Å². The van der Waals surface area contributed by atoms with Crippen LogP contribution in [0.4, 0.5) is 10.6 Å². The van der Waals surface area contributed by atoms with Crippen molar-refractivity contribution in [2.45, 2.75) is 47.1 Å². The Kier molecular flexibility index (Phi) is 4.80. The molecule has 0 aliphatic rings. The molecule has 0 aliphatic heterocycles. The van der Waals surface area contributed by atoms with Gasteiger partial charge in [0, 0.05) is 17.3 Å². The van der Waals surface area contributed by atoms with Gasteiger partial charge in [0.1, 0.15) is 11.6 Å². The summed E-state index contributed by atoms with van der Waals surface area (Å²) in [5, 5.41) is 9.59. The third kappa shape index (κ3) is 4.07. The summed E-state index contributed by atoms with van der Waals surface area (Å²) in [5.41, 5.74) is 3.84. The van der Waals surface area contributed by atoms with Gasteiger partial charge in [0.15, 0.2) is 0 Å². The first-order valence-corrected chi connectivity index (χ1v) is 7.29. The maximum absolute atomic E-state index is 12.0. The minimum atomic E-state index is -0.267. The van der Waals surface area contributed by atoms with Gasteiger partial charge >= 0.3 is 6.03 Å². The number of aryl methyl sites for hydroxylation is 4. The Morgan fingerprint density at radius 2 is 2.00 bits per heavy atom. The van der Waals surface area contributed by atoms with E-state index in [1.54, 1.807) is 0 Å². The molecular weight excluding hydrogens is 280 g/mol. The van der Waals surface area contributed by atoms with Crippen molar-refractivity contribution in [1.29, 1.82) is 0 Å². The fraction of sp³-hybridized carbons (Fsp3) is 0.438. The van der Waals surface area contributed by atoms with Crippen LogP contribution in [0, 0.1) is 27.7 Å².